The van der Waals surface area contributed by atoms with Crippen molar-refractivity contribution in [3.05, 3.63) is 0 Å². The van der Waals surface area contributed by atoms with Crippen LogP contribution in [0.15, 0.2) is 0 Å². The smallest absolute Gasteiger partial charge is 0.304 e. The Kier molecular flexibility index (Phi) is 6.36. The molecule has 0 spiro atoms. The Hall–Kier alpha value is -0.220. The van der Waals surface area contributed by atoms with E-state index in [9.17, 15) is 4.79 Å². The van der Waals surface area contributed by atoms with Gasteiger partial charge in [0.25, 0.3) is 0 Å². The van der Waals surface area contributed by atoms with Crippen molar-refractivity contribution in [1.82, 2.24) is 5.32 Å². The second-order valence-corrected chi connectivity index (χ2v) is 3.67. The number of rotatable bonds is 6. The first-order chi connectivity index (χ1) is 5.16. The Balaban J connectivity index is 3.08. The number of nitrogens with one attached hydrogen (secondary N) is 1. The zero-order valence-electron chi connectivity index (χ0n) is 6.96. The summed E-state index contributed by atoms with van der Waals surface area (Å²) in [6.07, 6.45) is 2.25. The first-order valence-corrected chi connectivity index (χ1v) is 4.91. The maximum Gasteiger partial charge on any atom is 0.304 e. The summed E-state index contributed by atoms with van der Waals surface area (Å²) in [5.41, 5.74) is 0. The molecule has 0 fully saturated rings. The Bertz CT molecular complexity index is 119. The zero-order valence-corrected chi connectivity index (χ0v) is 7.78. The van der Waals surface area contributed by atoms with Crippen molar-refractivity contribution in [1.29, 1.82) is 0 Å². The lowest BCUT2D eigenvalue weighted by Crippen LogP contribution is -2.24. The Labute approximate surface area is 71.6 Å². The number of thioether (sulfide) groups is 1. The molecule has 0 saturated carbocycles. The van der Waals surface area contributed by atoms with Crippen LogP contribution in [0.25, 0.3) is 0 Å². The molecule has 4 heteroatoms. The van der Waals surface area contributed by atoms with Crippen molar-refractivity contribution < 1.29 is 9.90 Å². The van der Waals surface area contributed by atoms with Crippen molar-refractivity contribution in [2.24, 2.45) is 0 Å². The number of carboxylic acid groups (broad SMARTS) is 1. The molecule has 0 rings (SSSR count). The van der Waals surface area contributed by atoms with Gasteiger partial charge in [-0.25, -0.2) is 0 Å². The first-order valence-electron chi connectivity index (χ1n) is 3.62. The van der Waals surface area contributed by atoms with Gasteiger partial charge in [0.2, 0.25) is 0 Å². The molecule has 0 heterocycles. The Morgan fingerprint density at radius 3 is 2.82 bits per heavy atom. The van der Waals surface area contributed by atoms with Crippen LogP contribution in [0.4, 0.5) is 0 Å². The van der Waals surface area contributed by atoms with Gasteiger partial charge in [-0.15, -0.1) is 0 Å². The second-order valence-electron chi connectivity index (χ2n) is 2.39. The third kappa shape index (κ3) is 7.68. The van der Waals surface area contributed by atoms with Gasteiger partial charge in [0.15, 0.2) is 0 Å². The summed E-state index contributed by atoms with van der Waals surface area (Å²) in [5, 5.41) is 11.9. The molecule has 0 aromatic carbocycles. The molecule has 0 aliphatic rings. The van der Waals surface area contributed by atoms with E-state index in [0.29, 0.717) is 11.8 Å². The quantitative estimate of drug-likeness (QED) is 0.589. The van der Waals surface area contributed by atoms with Gasteiger partial charge in [0.05, 0.1) is 6.42 Å². The topological polar surface area (TPSA) is 49.3 Å². The highest BCUT2D eigenvalue weighted by atomic mass is 32.2. The molecule has 0 saturated heterocycles. The average Bonchev–Trinajstić information content (AvgIpc) is 1.97. The first kappa shape index (κ1) is 10.8. The summed E-state index contributed by atoms with van der Waals surface area (Å²) in [7, 11) is 0. The highest BCUT2D eigenvalue weighted by Gasteiger charge is 1.99. The van der Waals surface area contributed by atoms with E-state index in [1.165, 1.54) is 0 Å². The van der Waals surface area contributed by atoms with Crippen LogP contribution >= 0.6 is 11.8 Å². The lowest BCUT2D eigenvalue weighted by molar-refractivity contribution is -0.136. The SMILES string of the molecule is CSC(C)CNCCC(=O)O. The van der Waals surface area contributed by atoms with E-state index in [1.54, 1.807) is 11.8 Å². The monoisotopic (exact) mass is 177 g/mol. The largest absolute Gasteiger partial charge is 0.481 e. The van der Waals surface area contributed by atoms with Gasteiger partial charge < -0.3 is 10.4 Å². The van der Waals surface area contributed by atoms with Gasteiger partial charge in [-0.1, -0.05) is 6.92 Å². The summed E-state index contributed by atoms with van der Waals surface area (Å²) in [6.45, 7) is 3.56. The van der Waals surface area contributed by atoms with Crippen LogP contribution in [0.5, 0.6) is 0 Å². The minimum atomic E-state index is -0.741. The van der Waals surface area contributed by atoms with E-state index < -0.39 is 5.97 Å². The molecule has 0 aromatic heterocycles. The summed E-state index contributed by atoms with van der Waals surface area (Å²) in [6, 6.07) is 0. The molecule has 0 aliphatic heterocycles. The molecule has 11 heavy (non-hydrogen) atoms. The molecule has 0 aliphatic carbocycles. The highest BCUT2D eigenvalue weighted by molar-refractivity contribution is 7.99. The van der Waals surface area contributed by atoms with E-state index in [4.69, 9.17) is 5.11 Å². The molecular weight excluding hydrogens is 162 g/mol. The van der Waals surface area contributed by atoms with Crippen molar-refractivity contribution >= 4 is 17.7 Å². The predicted octanol–water partition coefficient (Wildman–Crippen LogP) is 0.802. The number of aliphatic carboxylic acids is 1. The Morgan fingerprint density at radius 1 is 1.73 bits per heavy atom. The van der Waals surface area contributed by atoms with Crippen LogP contribution in [-0.4, -0.2) is 35.7 Å². The number of carbonyl (C=O) groups is 1. The van der Waals surface area contributed by atoms with E-state index in [-0.39, 0.29) is 6.42 Å². The molecule has 0 bridgehead atoms. The molecule has 0 radical (unpaired) electrons. The standard InChI is InChI=1S/C7H15NO2S/c1-6(11-2)5-8-4-3-7(9)10/h6,8H,3-5H2,1-2H3,(H,9,10). The molecule has 1 unspecified atom stereocenters. The van der Waals surface area contributed by atoms with Gasteiger partial charge in [-0.3, -0.25) is 4.79 Å². The second kappa shape index (κ2) is 6.49. The molecule has 2 N–H and O–H groups in total. The third-order valence-electron chi connectivity index (χ3n) is 1.35. The summed E-state index contributed by atoms with van der Waals surface area (Å²) in [5.74, 6) is -0.741. The van der Waals surface area contributed by atoms with Crippen molar-refractivity contribution in [3.63, 3.8) is 0 Å². The summed E-state index contributed by atoms with van der Waals surface area (Å²) < 4.78 is 0. The van der Waals surface area contributed by atoms with Crippen LogP contribution in [0.3, 0.4) is 0 Å². The van der Waals surface area contributed by atoms with Gasteiger partial charge >= 0.3 is 5.97 Å². The van der Waals surface area contributed by atoms with E-state index in [2.05, 4.69) is 12.2 Å². The molecular formula is C7H15NO2S. The fraction of sp³-hybridized carbons (Fsp3) is 0.857. The maximum atomic E-state index is 10.1. The lowest BCUT2D eigenvalue weighted by atomic mass is 10.4. The fourth-order valence-corrected chi connectivity index (χ4v) is 0.868. The fourth-order valence-electron chi connectivity index (χ4n) is 0.584. The minimum absolute atomic E-state index is 0.209. The Morgan fingerprint density at radius 2 is 2.36 bits per heavy atom. The third-order valence-corrected chi connectivity index (χ3v) is 2.32. The highest BCUT2D eigenvalue weighted by Crippen LogP contribution is 2.01. The maximum absolute atomic E-state index is 10.1. The molecule has 1 atom stereocenters. The predicted molar refractivity (Wildman–Crippen MR) is 48.1 cm³/mol. The lowest BCUT2D eigenvalue weighted by Gasteiger charge is -2.07. The van der Waals surface area contributed by atoms with Crippen LogP contribution in [0, 0.1) is 0 Å². The van der Waals surface area contributed by atoms with Gasteiger partial charge in [0, 0.05) is 18.3 Å². The molecule has 0 aromatic rings. The van der Waals surface area contributed by atoms with Crippen molar-refractivity contribution in [2.45, 2.75) is 18.6 Å². The normalized spacial score (nSPS) is 12.9. The van der Waals surface area contributed by atoms with Gasteiger partial charge in [-0.05, 0) is 6.26 Å². The van der Waals surface area contributed by atoms with Crippen molar-refractivity contribution in [2.75, 3.05) is 19.3 Å². The molecule has 3 nitrogen and oxygen atoms in total. The van der Waals surface area contributed by atoms with E-state index >= 15 is 0 Å². The van der Waals surface area contributed by atoms with Crippen molar-refractivity contribution in [3.8, 4) is 0 Å². The van der Waals surface area contributed by atoms with Gasteiger partial charge in [-0.2, -0.15) is 11.8 Å². The van der Waals surface area contributed by atoms with Crippen LogP contribution < -0.4 is 5.32 Å². The minimum Gasteiger partial charge on any atom is -0.481 e. The number of carboxylic acids is 1. The van der Waals surface area contributed by atoms with Crippen LogP contribution in [0.1, 0.15) is 13.3 Å². The number of hydrogen-bond donors (Lipinski definition) is 2. The summed E-state index contributed by atoms with van der Waals surface area (Å²) >= 11 is 1.77. The molecule has 66 valence electrons. The zero-order chi connectivity index (χ0) is 8.69. The molecule has 0 amide bonds. The van der Waals surface area contributed by atoms with E-state index in [0.717, 1.165) is 6.54 Å². The van der Waals surface area contributed by atoms with Gasteiger partial charge in [0.1, 0.15) is 0 Å². The van der Waals surface area contributed by atoms with Crippen LogP contribution in [0.2, 0.25) is 0 Å². The number of hydrogen-bond acceptors (Lipinski definition) is 3. The van der Waals surface area contributed by atoms with E-state index in [1.807, 2.05) is 6.26 Å². The average molecular weight is 177 g/mol. The summed E-state index contributed by atoms with van der Waals surface area (Å²) in [4.78, 5) is 10.1. The van der Waals surface area contributed by atoms with Crippen LogP contribution in [-0.2, 0) is 4.79 Å².